The van der Waals surface area contributed by atoms with Crippen molar-refractivity contribution in [2.24, 2.45) is 5.92 Å². The minimum Gasteiger partial charge on any atom is -0.292 e. The predicted molar refractivity (Wildman–Crippen MR) is 233 cm³/mol. The molecule has 0 saturated carbocycles. The van der Waals surface area contributed by atoms with Gasteiger partial charge in [0.05, 0.1) is 11.0 Å². The molecule has 2 aromatic heterocycles. The Kier molecular flexibility index (Phi) is 7.92. The molecule has 0 fully saturated rings. The molecule has 52 heavy (non-hydrogen) atoms. The van der Waals surface area contributed by atoms with Gasteiger partial charge in [-0.2, -0.15) is 0 Å². The van der Waals surface area contributed by atoms with E-state index < -0.39 is 0 Å². The van der Waals surface area contributed by atoms with Crippen LogP contribution in [-0.2, 0) is 0 Å². The van der Waals surface area contributed by atoms with Crippen molar-refractivity contribution in [2.75, 3.05) is 0 Å². The molecule has 2 heterocycles. The molecule has 8 heteroatoms. The largest absolute Gasteiger partial charge is 0.292 e. The van der Waals surface area contributed by atoms with Crippen LogP contribution in [-0.4, -0.2) is 53.8 Å². The van der Waals surface area contributed by atoms with Crippen molar-refractivity contribution in [1.82, 2.24) is 14.5 Å². The topological polar surface area (TPSA) is 30.7 Å². The fourth-order valence-corrected chi connectivity index (χ4v) is 8.76. The van der Waals surface area contributed by atoms with Gasteiger partial charge in [0.2, 0.25) is 0 Å². The molecular weight excluding hydrogens is 625 g/mol. The molecule has 5 aromatic carbocycles. The number of pyridine rings is 1. The molecule has 0 spiro atoms. The number of benzene rings is 5. The average Bonchev–Trinajstić information content (AvgIpc) is 3.58. The summed E-state index contributed by atoms with van der Waals surface area (Å²) >= 11 is 0. The minimum absolute atomic E-state index is 0.174. The number of allylic oxidation sites excluding steroid dienone is 5. The van der Waals surface area contributed by atoms with Crippen molar-refractivity contribution in [3.8, 4) is 28.2 Å². The number of para-hydroxylation sites is 2. The Morgan fingerprint density at radius 3 is 1.90 bits per heavy atom. The molecule has 0 radical (unpaired) electrons. The van der Waals surface area contributed by atoms with Gasteiger partial charge in [0.25, 0.3) is 0 Å². The summed E-state index contributed by atoms with van der Waals surface area (Å²) in [6, 6.07) is 39.8. The number of aromatic nitrogens is 3. The highest BCUT2D eigenvalue weighted by molar-refractivity contribution is 6.68. The van der Waals surface area contributed by atoms with Crippen LogP contribution in [0.25, 0.3) is 44.8 Å². The van der Waals surface area contributed by atoms with Crippen LogP contribution in [0, 0.1) is 5.92 Å². The van der Waals surface area contributed by atoms with E-state index in [1.807, 2.05) is 12.4 Å². The summed E-state index contributed by atoms with van der Waals surface area (Å²) < 4.78 is 2.35. The van der Waals surface area contributed by atoms with Gasteiger partial charge in [-0.05, 0) is 80.9 Å². The number of nitrogens with zero attached hydrogens (tertiary/aromatic N) is 3. The van der Waals surface area contributed by atoms with Crippen LogP contribution < -0.4 is 27.3 Å². The predicted octanol–water partition coefficient (Wildman–Crippen LogP) is 1.74. The zero-order valence-electron chi connectivity index (χ0n) is 30.4. The molecular formula is C44H36B5N3. The van der Waals surface area contributed by atoms with Gasteiger partial charge in [0.15, 0.2) is 0 Å². The standard InChI is InChI=1S/C44H36B5N3/c45-39-38(40(46)42(48)43(49)41(39)47)44-51-34-15-7-8-16-35(34)52(44)27-19-17-26(18-20-27)36-30-11-3-5-13-32(30)37(33-14-6-4-12-31(33)36)29-10-2-1-9-28(29)25-21-23-50-24-22-25/h1-24,32,37H,45-49H2. The molecule has 0 N–H and O–H groups in total. The van der Waals surface area contributed by atoms with Crippen LogP contribution in [0.2, 0.25) is 0 Å². The first-order valence-electron chi connectivity index (χ1n) is 18.3. The van der Waals surface area contributed by atoms with E-state index in [1.54, 1.807) is 0 Å². The summed E-state index contributed by atoms with van der Waals surface area (Å²) in [6.07, 6.45) is 12.9. The number of rotatable bonds is 5. The molecule has 3 nitrogen and oxygen atoms in total. The molecule has 9 rings (SSSR count). The van der Waals surface area contributed by atoms with Gasteiger partial charge >= 0.3 is 0 Å². The number of hydrogen-bond acceptors (Lipinski definition) is 2. The quantitative estimate of drug-likeness (QED) is 0.264. The van der Waals surface area contributed by atoms with Crippen molar-refractivity contribution in [3.63, 3.8) is 0 Å². The molecule has 0 amide bonds. The summed E-state index contributed by atoms with van der Waals surface area (Å²) in [5.41, 5.74) is 21.4. The third-order valence-corrected chi connectivity index (χ3v) is 11.8. The van der Waals surface area contributed by atoms with Crippen molar-refractivity contribution < 1.29 is 0 Å². The summed E-state index contributed by atoms with van der Waals surface area (Å²) in [5.74, 6) is 1.37. The summed E-state index contributed by atoms with van der Waals surface area (Å²) in [4.78, 5) is 9.59. The molecule has 2 aliphatic carbocycles. The second-order valence-corrected chi connectivity index (χ2v) is 14.3. The summed E-state index contributed by atoms with van der Waals surface area (Å²) in [7, 11) is 11.2. The van der Waals surface area contributed by atoms with Crippen LogP contribution >= 0.6 is 0 Å². The van der Waals surface area contributed by atoms with E-state index in [1.165, 1.54) is 77.4 Å². The Morgan fingerprint density at radius 1 is 0.558 bits per heavy atom. The van der Waals surface area contributed by atoms with Crippen LogP contribution in [0.15, 0.2) is 151 Å². The third kappa shape index (κ3) is 5.04. The first-order chi connectivity index (χ1) is 25.4. The molecule has 242 valence electrons. The van der Waals surface area contributed by atoms with Crippen LogP contribution in [0.3, 0.4) is 0 Å². The van der Waals surface area contributed by atoms with Crippen molar-refractivity contribution in [3.05, 3.63) is 174 Å². The Bertz CT molecular complexity index is 2610. The molecule has 2 aliphatic rings. The van der Waals surface area contributed by atoms with Crippen LogP contribution in [0.5, 0.6) is 0 Å². The Labute approximate surface area is 310 Å². The molecule has 0 aliphatic heterocycles. The summed E-state index contributed by atoms with van der Waals surface area (Å²) in [5, 5.41) is 0. The lowest BCUT2D eigenvalue weighted by molar-refractivity contribution is 0.650. The third-order valence-electron chi connectivity index (χ3n) is 11.8. The van der Waals surface area contributed by atoms with Gasteiger partial charge in [-0.1, -0.05) is 108 Å². The smallest absolute Gasteiger partial charge is 0.144 e. The van der Waals surface area contributed by atoms with Gasteiger partial charge in [0, 0.05) is 35.5 Å². The minimum atomic E-state index is 0.174. The molecule has 0 bridgehead atoms. The SMILES string of the molecule is Bc1c(B)c(B)c(-c2nc3ccccc3n2-c2ccc(C3=C4C=CC=CC4C(c4ccccc4-c4ccncc4)c4ccccc43)cc2)c(B)c1B. The first kappa shape index (κ1) is 32.2. The first-order valence-corrected chi connectivity index (χ1v) is 18.3. The maximum atomic E-state index is 5.29. The summed E-state index contributed by atoms with van der Waals surface area (Å²) in [6.45, 7) is 0. The van der Waals surface area contributed by atoms with E-state index in [0.29, 0.717) is 0 Å². The van der Waals surface area contributed by atoms with Gasteiger partial charge in [-0.3, -0.25) is 9.55 Å². The lowest BCUT2D eigenvalue weighted by atomic mass is 9.60. The van der Waals surface area contributed by atoms with Crippen molar-refractivity contribution in [2.45, 2.75) is 5.92 Å². The zero-order valence-corrected chi connectivity index (χ0v) is 30.4. The number of imidazole rings is 1. The number of hydrogen-bond donors (Lipinski definition) is 0. The fourth-order valence-electron chi connectivity index (χ4n) is 8.76. The van der Waals surface area contributed by atoms with E-state index in [4.69, 9.17) is 4.98 Å². The number of fused-ring (bicyclic) bond motifs is 3. The second-order valence-electron chi connectivity index (χ2n) is 14.3. The highest BCUT2D eigenvalue weighted by atomic mass is 15.1. The Balaban J connectivity index is 1.21. The van der Waals surface area contributed by atoms with Gasteiger partial charge in [-0.25, -0.2) is 4.98 Å². The maximum absolute atomic E-state index is 5.29. The zero-order chi connectivity index (χ0) is 35.5. The maximum Gasteiger partial charge on any atom is 0.144 e. The monoisotopic (exact) mass is 661 g/mol. The van der Waals surface area contributed by atoms with E-state index in [-0.39, 0.29) is 11.8 Å². The van der Waals surface area contributed by atoms with Crippen LogP contribution in [0.4, 0.5) is 0 Å². The average molecular weight is 661 g/mol. The van der Waals surface area contributed by atoms with Crippen molar-refractivity contribution >= 4 is 83.2 Å². The molecule has 0 saturated heterocycles. The Hall–Kier alpha value is -5.74. The van der Waals surface area contributed by atoms with Gasteiger partial charge in [0.1, 0.15) is 45.1 Å². The van der Waals surface area contributed by atoms with E-state index in [9.17, 15) is 0 Å². The van der Waals surface area contributed by atoms with Gasteiger partial charge in [-0.15, -0.1) is 16.4 Å². The normalized spacial score (nSPS) is 16.2. The molecule has 2 unspecified atom stereocenters. The van der Waals surface area contributed by atoms with Crippen molar-refractivity contribution in [1.29, 1.82) is 0 Å². The highest BCUT2D eigenvalue weighted by Gasteiger charge is 2.36. The second kappa shape index (κ2) is 12.8. The van der Waals surface area contributed by atoms with E-state index in [0.717, 1.165) is 22.5 Å². The van der Waals surface area contributed by atoms with Gasteiger partial charge < -0.3 is 0 Å². The Morgan fingerprint density at radius 2 is 1.17 bits per heavy atom. The fraction of sp³-hybridized carbons (Fsp3) is 0.0455. The highest BCUT2D eigenvalue weighted by Crippen LogP contribution is 2.51. The van der Waals surface area contributed by atoms with E-state index >= 15 is 0 Å². The lowest BCUT2D eigenvalue weighted by Gasteiger charge is -2.37. The van der Waals surface area contributed by atoms with E-state index in [2.05, 4.69) is 182 Å². The lowest BCUT2D eigenvalue weighted by Crippen LogP contribution is -2.55. The molecule has 2 atom stereocenters. The van der Waals surface area contributed by atoms with Crippen LogP contribution in [0.1, 0.15) is 28.2 Å². The molecule has 7 aromatic rings.